The van der Waals surface area contributed by atoms with Crippen LogP contribution in [0.25, 0.3) is 0 Å². The summed E-state index contributed by atoms with van der Waals surface area (Å²) in [6.07, 6.45) is 5.44. The largest absolute Gasteiger partial charge is 0.345 e. The van der Waals surface area contributed by atoms with E-state index in [1.165, 1.54) is 0 Å². The highest BCUT2D eigenvalue weighted by atomic mass is 17.2. The van der Waals surface area contributed by atoms with Gasteiger partial charge in [0.25, 0.3) is 0 Å². The van der Waals surface area contributed by atoms with Crippen LogP contribution in [0.15, 0.2) is 0 Å². The molecule has 0 fully saturated rings. The molecule has 1 unspecified atom stereocenters. The van der Waals surface area contributed by atoms with Gasteiger partial charge in [-0.1, -0.05) is 40.5 Å². The van der Waals surface area contributed by atoms with E-state index in [9.17, 15) is 4.79 Å². The molecule has 0 amide bonds. The zero-order valence-electron chi connectivity index (χ0n) is 11.9. The Kier molecular flexibility index (Phi) is 9.14. The first-order valence-electron chi connectivity index (χ1n) is 6.71. The Morgan fingerprint density at radius 1 is 1.18 bits per heavy atom. The van der Waals surface area contributed by atoms with Crippen molar-refractivity contribution in [2.24, 2.45) is 11.8 Å². The van der Waals surface area contributed by atoms with Gasteiger partial charge in [0.05, 0.1) is 5.92 Å². The van der Waals surface area contributed by atoms with E-state index in [2.05, 4.69) is 20.8 Å². The third kappa shape index (κ3) is 8.19. The van der Waals surface area contributed by atoms with E-state index in [4.69, 9.17) is 9.78 Å². The van der Waals surface area contributed by atoms with E-state index < -0.39 is 0 Å². The molecule has 0 aliphatic carbocycles. The van der Waals surface area contributed by atoms with Crippen LogP contribution in [0.4, 0.5) is 0 Å². The van der Waals surface area contributed by atoms with Crippen molar-refractivity contribution < 1.29 is 14.6 Å². The fourth-order valence-electron chi connectivity index (χ4n) is 1.73. The summed E-state index contributed by atoms with van der Waals surface area (Å²) < 4.78 is 0. The molecule has 0 aromatic heterocycles. The first kappa shape index (κ1) is 16.4. The summed E-state index contributed by atoms with van der Waals surface area (Å²) in [7, 11) is 0. The van der Waals surface area contributed by atoms with Gasteiger partial charge in [-0.25, -0.2) is 4.79 Å². The van der Waals surface area contributed by atoms with Gasteiger partial charge in [-0.2, -0.15) is 4.89 Å². The Labute approximate surface area is 106 Å². The van der Waals surface area contributed by atoms with Crippen LogP contribution in [0.3, 0.4) is 0 Å². The standard InChI is InChI=1S/C14H27O3/c1-6-8-9-13(7-2)14(15)17-16-12(5)10-11(3)4/h11,13H,6-10H2,1-5H3. The van der Waals surface area contributed by atoms with Crippen LogP contribution in [0.2, 0.25) is 0 Å². The maximum absolute atomic E-state index is 11.7. The Bertz CT molecular complexity index is 202. The average Bonchev–Trinajstić information content (AvgIpc) is 2.26. The fourth-order valence-corrected chi connectivity index (χ4v) is 1.73. The quantitative estimate of drug-likeness (QED) is 0.448. The lowest BCUT2D eigenvalue weighted by molar-refractivity contribution is -0.271. The normalized spacial score (nSPS) is 13.1. The molecule has 0 bridgehead atoms. The summed E-state index contributed by atoms with van der Waals surface area (Å²) in [6, 6.07) is 0. The van der Waals surface area contributed by atoms with Crippen molar-refractivity contribution in [1.29, 1.82) is 0 Å². The van der Waals surface area contributed by atoms with Gasteiger partial charge in [0, 0.05) is 0 Å². The summed E-state index contributed by atoms with van der Waals surface area (Å²) in [5, 5.41) is 0. The van der Waals surface area contributed by atoms with Gasteiger partial charge in [-0.05, 0) is 32.1 Å². The van der Waals surface area contributed by atoms with Gasteiger partial charge < -0.3 is 0 Å². The molecule has 0 aromatic carbocycles. The SMILES string of the molecule is CCCCC(CC)C(=O)OO[C](C)CC(C)C. The second-order valence-corrected chi connectivity index (χ2v) is 5.03. The summed E-state index contributed by atoms with van der Waals surface area (Å²) in [6.45, 7) is 10.2. The first-order chi connectivity index (χ1) is 8.01. The lowest BCUT2D eigenvalue weighted by Crippen LogP contribution is -2.18. The molecule has 0 aromatic rings. The third-order valence-electron chi connectivity index (χ3n) is 2.69. The van der Waals surface area contributed by atoms with Crippen molar-refractivity contribution in [1.82, 2.24) is 0 Å². The number of carbonyl (C=O) groups is 1. The van der Waals surface area contributed by atoms with E-state index in [-0.39, 0.29) is 11.9 Å². The summed E-state index contributed by atoms with van der Waals surface area (Å²) in [5.41, 5.74) is 0. The highest BCUT2D eigenvalue weighted by Crippen LogP contribution is 2.18. The molecule has 0 saturated carbocycles. The number of hydrogen-bond donors (Lipinski definition) is 0. The molecular weight excluding hydrogens is 216 g/mol. The van der Waals surface area contributed by atoms with Crippen molar-refractivity contribution in [3.63, 3.8) is 0 Å². The fraction of sp³-hybridized carbons (Fsp3) is 0.857. The van der Waals surface area contributed by atoms with Crippen LogP contribution in [-0.4, -0.2) is 5.97 Å². The Morgan fingerprint density at radius 2 is 1.82 bits per heavy atom. The summed E-state index contributed by atoms with van der Waals surface area (Å²) in [4.78, 5) is 21.6. The highest BCUT2D eigenvalue weighted by Gasteiger charge is 2.20. The summed E-state index contributed by atoms with van der Waals surface area (Å²) >= 11 is 0. The second-order valence-electron chi connectivity index (χ2n) is 5.03. The van der Waals surface area contributed by atoms with Crippen molar-refractivity contribution in [3.8, 4) is 0 Å². The van der Waals surface area contributed by atoms with E-state index in [0.717, 1.165) is 38.2 Å². The van der Waals surface area contributed by atoms with Crippen molar-refractivity contribution in [3.05, 3.63) is 6.10 Å². The predicted octanol–water partition coefficient (Wildman–Crippen LogP) is 4.28. The van der Waals surface area contributed by atoms with Crippen LogP contribution >= 0.6 is 0 Å². The smallest absolute Gasteiger partial charge is 0.297 e. The minimum Gasteiger partial charge on any atom is -0.297 e. The van der Waals surface area contributed by atoms with E-state index >= 15 is 0 Å². The van der Waals surface area contributed by atoms with Gasteiger partial charge in [0.2, 0.25) is 0 Å². The molecule has 0 N–H and O–H groups in total. The molecule has 0 heterocycles. The number of hydrogen-bond acceptors (Lipinski definition) is 3. The molecule has 1 atom stereocenters. The molecule has 1 radical (unpaired) electrons. The Balaban J connectivity index is 3.88. The zero-order chi connectivity index (χ0) is 13.3. The molecule has 0 aliphatic heterocycles. The highest BCUT2D eigenvalue weighted by molar-refractivity contribution is 5.71. The Hall–Kier alpha value is -0.570. The van der Waals surface area contributed by atoms with Gasteiger partial charge in [-0.15, -0.1) is 0 Å². The van der Waals surface area contributed by atoms with Gasteiger partial charge >= 0.3 is 5.97 Å². The number of rotatable bonds is 9. The van der Waals surface area contributed by atoms with Crippen LogP contribution in [0.1, 0.15) is 66.7 Å². The molecular formula is C14H27O3. The topological polar surface area (TPSA) is 35.5 Å². The van der Waals surface area contributed by atoms with Crippen LogP contribution in [0, 0.1) is 17.9 Å². The van der Waals surface area contributed by atoms with Crippen molar-refractivity contribution in [2.45, 2.75) is 66.7 Å². The lowest BCUT2D eigenvalue weighted by atomic mass is 10.00. The first-order valence-corrected chi connectivity index (χ1v) is 6.71. The van der Waals surface area contributed by atoms with E-state index in [0.29, 0.717) is 5.92 Å². The monoisotopic (exact) mass is 243 g/mol. The zero-order valence-corrected chi connectivity index (χ0v) is 11.9. The molecule has 3 nitrogen and oxygen atoms in total. The minimum atomic E-state index is -0.232. The minimum absolute atomic E-state index is 0.0261. The molecule has 0 spiro atoms. The maximum Gasteiger partial charge on any atom is 0.345 e. The van der Waals surface area contributed by atoms with E-state index in [1.807, 2.05) is 13.8 Å². The van der Waals surface area contributed by atoms with Crippen molar-refractivity contribution >= 4 is 5.97 Å². The number of carbonyl (C=O) groups excluding carboxylic acids is 1. The molecule has 101 valence electrons. The molecule has 0 aliphatic rings. The van der Waals surface area contributed by atoms with Crippen LogP contribution in [0.5, 0.6) is 0 Å². The predicted molar refractivity (Wildman–Crippen MR) is 68.9 cm³/mol. The number of unbranched alkanes of at least 4 members (excludes halogenated alkanes) is 1. The lowest BCUT2D eigenvalue weighted by Gasteiger charge is -2.15. The van der Waals surface area contributed by atoms with Crippen LogP contribution < -0.4 is 0 Å². The second kappa shape index (κ2) is 9.46. The molecule has 0 saturated heterocycles. The average molecular weight is 243 g/mol. The van der Waals surface area contributed by atoms with Gasteiger partial charge in [0.1, 0.15) is 6.10 Å². The van der Waals surface area contributed by atoms with Crippen LogP contribution in [-0.2, 0) is 14.6 Å². The van der Waals surface area contributed by atoms with E-state index in [1.54, 1.807) is 0 Å². The molecule has 17 heavy (non-hydrogen) atoms. The molecule has 0 rings (SSSR count). The van der Waals surface area contributed by atoms with Crippen molar-refractivity contribution in [2.75, 3.05) is 0 Å². The maximum atomic E-state index is 11.7. The van der Waals surface area contributed by atoms with Gasteiger partial charge in [-0.3, -0.25) is 4.89 Å². The van der Waals surface area contributed by atoms with Gasteiger partial charge in [0.15, 0.2) is 0 Å². The molecule has 3 heteroatoms. The third-order valence-corrected chi connectivity index (χ3v) is 2.69. The summed E-state index contributed by atoms with van der Waals surface area (Å²) in [5.74, 6) is 0.252. The Morgan fingerprint density at radius 3 is 2.29 bits per heavy atom.